The first-order valence-electron chi connectivity index (χ1n) is 9.98. The molecule has 0 radical (unpaired) electrons. The maximum atomic E-state index is 12.8. The number of Topliss-reactive ketones (excluding diaryl/α,β-unsaturated/α-hetero) is 1. The number of ether oxygens (including phenoxy) is 1. The number of para-hydroxylation sites is 1. The topological polar surface area (TPSA) is 81.4 Å². The molecule has 0 bridgehead atoms. The molecule has 6 nitrogen and oxygen atoms in total. The standard InChI is InChI=1S/C24H22N2O4S/c1-16-25-21(15-31-16)19-5-2-3-6-23(19)30-12-4-10-26-11-9-17-7-8-18(22(28)14-27)13-20(17)24(26)29/h2-3,5-9,11,13,15,27H,4,10,12,14H2,1H3. The van der Waals surface area contributed by atoms with Crippen LogP contribution in [0.1, 0.15) is 21.8 Å². The Bertz CT molecular complexity index is 1290. The number of aliphatic hydroxyl groups is 1. The lowest BCUT2D eigenvalue weighted by Crippen LogP contribution is -2.21. The maximum absolute atomic E-state index is 12.8. The van der Waals surface area contributed by atoms with Crippen LogP contribution in [0.25, 0.3) is 22.0 Å². The number of aryl methyl sites for hydroxylation is 2. The number of hydrogen-bond donors (Lipinski definition) is 1. The molecule has 0 spiro atoms. The van der Waals surface area contributed by atoms with Crippen LogP contribution in [0, 0.1) is 6.92 Å². The van der Waals surface area contributed by atoms with E-state index in [0.29, 0.717) is 30.5 Å². The average Bonchev–Trinajstić information content (AvgIpc) is 3.23. The van der Waals surface area contributed by atoms with Crippen molar-refractivity contribution in [3.63, 3.8) is 0 Å². The van der Waals surface area contributed by atoms with Crippen LogP contribution in [-0.4, -0.2) is 33.7 Å². The van der Waals surface area contributed by atoms with Gasteiger partial charge in [-0.25, -0.2) is 4.98 Å². The first-order chi connectivity index (χ1) is 15.1. The summed E-state index contributed by atoms with van der Waals surface area (Å²) < 4.78 is 7.61. The van der Waals surface area contributed by atoms with Crippen LogP contribution in [-0.2, 0) is 6.54 Å². The van der Waals surface area contributed by atoms with Gasteiger partial charge in [-0.05, 0) is 43.0 Å². The second kappa shape index (κ2) is 9.24. The van der Waals surface area contributed by atoms with Crippen LogP contribution in [0.5, 0.6) is 5.75 Å². The number of pyridine rings is 1. The molecule has 0 saturated heterocycles. The van der Waals surface area contributed by atoms with Crippen molar-refractivity contribution in [2.75, 3.05) is 13.2 Å². The fraction of sp³-hybridized carbons (Fsp3) is 0.208. The third kappa shape index (κ3) is 4.57. The molecule has 158 valence electrons. The molecule has 2 aromatic carbocycles. The highest BCUT2D eigenvalue weighted by atomic mass is 32.1. The van der Waals surface area contributed by atoms with Crippen LogP contribution in [0.15, 0.2) is 64.9 Å². The van der Waals surface area contributed by atoms with Gasteiger partial charge in [-0.1, -0.05) is 24.3 Å². The molecule has 0 aliphatic rings. The van der Waals surface area contributed by atoms with Crippen molar-refractivity contribution in [3.8, 4) is 17.0 Å². The molecular formula is C24H22N2O4S. The zero-order valence-electron chi connectivity index (χ0n) is 17.1. The van der Waals surface area contributed by atoms with Gasteiger partial charge in [-0.15, -0.1) is 11.3 Å². The first-order valence-corrected chi connectivity index (χ1v) is 10.9. The summed E-state index contributed by atoms with van der Waals surface area (Å²) in [5, 5.41) is 13.3. The molecule has 0 fully saturated rings. The van der Waals surface area contributed by atoms with Gasteiger partial charge in [0.25, 0.3) is 5.56 Å². The number of fused-ring (bicyclic) bond motifs is 1. The monoisotopic (exact) mass is 434 g/mol. The molecule has 4 aromatic rings. The highest BCUT2D eigenvalue weighted by molar-refractivity contribution is 7.09. The highest BCUT2D eigenvalue weighted by Crippen LogP contribution is 2.30. The minimum absolute atomic E-state index is 0.163. The molecule has 0 saturated carbocycles. The fourth-order valence-corrected chi connectivity index (χ4v) is 4.04. The number of hydrogen-bond acceptors (Lipinski definition) is 6. The minimum Gasteiger partial charge on any atom is -0.493 e. The second-order valence-electron chi connectivity index (χ2n) is 7.15. The molecule has 7 heteroatoms. The van der Waals surface area contributed by atoms with Gasteiger partial charge < -0.3 is 14.4 Å². The smallest absolute Gasteiger partial charge is 0.258 e. The van der Waals surface area contributed by atoms with Crippen molar-refractivity contribution in [1.82, 2.24) is 9.55 Å². The van der Waals surface area contributed by atoms with Gasteiger partial charge in [-0.2, -0.15) is 0 Å². The van der Waals surface area contributed by atoms with E-state index in [1.807, 2.05) is 42.6 Å². The maximum Gasteiger partial charge on any atom is 0.258 e. The summed E-state index contributed by atoms with van der Waals surface area (Å²) in [7, 11) is 0. The van der Waals surface area contributed by atoms with Gasteiger partial charge in [0.1, 0.15) is 12.4 Å². The molecule has 1 N–H and O–H groups in total. The quantitative estimate of drug-likeness (QED) is 0.334. The first kappa shape index (κ1) is 21.0. The summed E-state index contributed by atoms with van der Waals surface area (Å²) in [6, 6.07) is 14.6. The Morgan fingerprint density at radius 3 is 2.81 bits per heavy atom. The number of carbonyl (C=O) groups excluding carboxylic acids is 1. The summed E-state index contributed by atoms with van der Waals surface area (Å²) in [5.74, 6) is 0.366. The lowest BCUT2D eigenvalue weighted by Gasteiger charge is -2.11. The predicted octanol–water partition coefficient (Wildman–Crippen LogP) is 4.08. The van der Waals surface area contributed by atoms with Crippen molar-refractivity contribution < 1.29 is 14.6 Å². The van der Waals surface area contributed by atoms with E-state index in [9.17, 15) is 9.59 Å². The van der Waals surface area contributed by atoms with Gasteiger partial charge in [0, 0.05) is 34.6 Å². The third-order valence-corrected chi connectivity index (χ3v) is 5.80. The summed E-state index contributed by atoms with van der Waals surface area (Å²) in [6.45, 7) is 2.34. The molecule has 2 heterocycles. The van der Waals surface area contributed by atoms with Crippen molar-refractivity contribution in [3.05, 3.63) is 81.0 Å². The zero-order valence-corrected chi connectivity index (χ0v) is 17.9. The molecule has 0 aliphatic carbocycles. The summed E-state index contributed by atoms with van der Waals surface area (Å²) in [5.41, 5.74) is 2.03. The lowest BCUT2D eigenvalue weighted by atomic mass is 10.1. The number of carbonyl (C=O) groups is 1. The second-order valence-corrected chi connectivity index (χ2v) is 8.21. The highest BCUT2D eigenvalue weighted by Gasteiger charge is 2.10. The lowest BCUT2D eigenvalue weighted by molar-refractivity contribution is 0.0904. The Kier molecular flexibility index (Phi) is 6.25. The third-order valence-electron chi connectivity index (χ3n) is 5.03. The van der Waals surface area contributed by atoms with E-state index in [1.165, 1.54) is 0 Å². The normalized spacial score (nSPS) is 11.0. The molecule has 2 aromatic heterocycles. The molecule has 4 rings (SSSR count). The number of ketones is 1. The van der Waals surface area contributed by atoms with E-state index in [-0.39, 0.29) is 5.56 Å². The SMILES string of the molecule is Cc1nc(-c2ccccc2OCCCn2ccc3ccc(C(=O)CO)cc3c2=O)cs1. The molecule has 0 unspecified atom stereocenters. The van der Waals surface area contributed by atoms with Crippen LogP contribution in [0.3, 0.4) is 0 Å². The predicted molar refractivity (Wildman–Crippen MR) is 122 cm³/mol. The van der Waals surface area contributed by atoms with E-state index in [4.69, 9.17) is 9.84 Å². The van der Waals surface area contributed by atoms with Gasteiger partial charge in [0.15, 0.2) is 5.78 Å². The van der Waals surface area contributed by atoms with Crippen LogP contribution in [0.4, 0.5) is 0 Å². The Morgan fingerprint density at radius 2 is 2.03 bits per heavy atom. The molecular weight excluding hydrogens is 412 g/mol. The van der Waals surface area contributed by atoms with Gasteiger partial charge in [0.2, 0.25) is 0 Å². The van der Waals surface area contributed by atoms with Crippen molar-refractivity contribution in [2.45, 2.75) is 19.9 Å². The number of thiazole rings is 1. The van der Waals surface area contributed by atoms with Crippen molar-refractivity contribution in [2.24, 2.45) is 0 Å². The number of aliphatic hydroxyl groups excluding tert-OH is 1. The van der Waals surface area contributed by atoms with Crippen molar-refractivity contribution >= 4 is 27.9 Å². The molecule has 0 amide bonds. The number of aromatic nitrogens is 2. The largest absolute Gasteiger partial charge is 0.493 e. The molecule has 0 aliphatic heterocycles. The summed E-state index contributed by atoms with van der Waals surface area (Å²) in [4.78, 5) is 29.1. The van der Waals surface area contributed by atoms with E-state index >= 15 is 0 Å². The Balaban J connectivity index is 1.45. The Labute approximate surface area is 183 Å². The van der Waals surface area contributed by atoms with E-state index < -0.39 is 12.4 Å². The van der Waals surface area contributed by atoms with Crippen LogP contribution in [0.2, 0.25) is 0 Å². The number of nitrogens with zero attached hydrogens (tertiary/aromatic N) is 2. The number of rotatable bonds is 8. The minimum atomic E-state index is -0.578. The summed E-state index contributed by atoms with van der Waals surface area (Å²) in [6.07, 6.45) is 2.40. The molecule has 0 atom stereocenters. The Morgan fingerprint density at radius 1 is 1.19 bits per heavy atom. The zero-order chi connectivity index (χ0) is 21.8. The van der Waals surface area contributed by atoms with E-state index in [0.717, 1.165) is 27.4 Å². The average molecular weight is 435 g/mol. The number of benzene rings is 2. The van der Waals surface area contributed by atoms with Crippen molar-refractivity contribution in [1.29, 1.82) is 0 Å². The van der Waals surface area contributed by atoms with Gasteiger partial charge in [0.05, 0.1) is 17.3 Å². The van der Waals surface area contributed by atoms with E-state index in [1.54, 1.807) is 40.3 Å². The van der Waals surface area contributed by atoms with Crippen LogP contribution < -0.4 is 10.3 Å². The van der Waals surface area contributed by atoms with Crippen LogP contribution >= 0.6 is 11.3 Å². The molecule has 31 heavy (non-hydrogen) atoms. The van der Waals surface area contributed by atoms with E-state index in [2.05, 4.69) is 4.98 Å². The fourth-order valence-electron chi connectivity index (χ4n) is 3.43. The summed E-state index contributed by atoms with van der Waals surface area (Å²) >= 11 is 1.60. The van der Waals surface area contributed by atoms with Gasteiger partial charge in [-0.3, -0.25) is 9.59 Å². The van der Waals surface area contributed by atoms with Gasteiger partial charge >= 0.3 is 0 Å². The Hall–Kier alpha value is -3.29.